The molecule has 2 heterocycles. The molecule has 116 valence electrons. The molecule has 0 amide bonds. The van der Waals surface area contributed by atoms with E-state index >= 15 is 0 Å². The van der Waals surface area contributed by atoms with Crippen LogP contribution in [0.15, 0.2) is 46.9 Å². The third-order valence-corrected chi connectivity index (χ3v) is 3.90. The molecule has 1 aromatic heterocycles. The van der Waals surface area contributed by atoms with Crippen LogP contribution in [0.5, 0.6) is 17.2 Å². The van der Waals surface area contributed by atoms with E-state index in [2.05, 4.69) is 0 Å². The van der Waals surface area contributed by atoms with E-state index < -0.39 is 0 Å². The van der Waals surface area contributed by atoms with Crippen molar-refractivity contribution < 1.29 is 19.4 Å². The lowest BCUT2D eigenvalue weighted by atomic mass is 10.0. The standard InChI is InChI=1S/C19H16O4/c1-19(2)6-5-15-16(23-19)4-3-11-9-17(22-18(11)15)12-7-13(20)10-14(21)8-12/h3-10,20-21H,1-2H3. The molecule has 1 aliphatic heterocycles. The van der Waals surface area contributed by atoms with Crippen molar-refractivity contribution in [2.75, 3.05) is 0 Å². The number of phenolic OH excluding ortho intramolecular Hbond substituents is 2. The first-order valence-corrected chi connectivity index (χ1v) is 7.39. The van der Waals surface area contributed by atoms with Gasteiger partial charge < -0.3 is 19.4 Å². The molecule has 0 atom stereocenters. The van der Waals surface area contributed by atoms with Crippen molar-refractivity contribution in [3.63, 3.8) is 0 Å². The molecule has 0 saturated carbocycles. The maximum atomic E-state index is 9.65. The van der Waals surface area contributed by atoms with Crippen LogP contribution >= 0.6 is 0 Å². The lowest BCUT2D eigenvalue weighted by Crippen LogP contribution is -2.27. The fraction of sp³-hybridized carbons (Fsp3) is 0.158. The third-order valence-electron chi connectivity index (χ3n) is 3.90. The Balaban J connectivity index is 1.89. The van der Waals surface area contributed by atoms with Gasteiger partial charge in [-0.1, -0.05) is 0 Å². The normalized spacial score (nSPS) is 15.4. The number of aromatic hydroxyl groups is 2. The van der Waals surface area contributed by atoms with E-state index in [-0.39, 0.29) is 17.1 Å². The Morgan fingerprint density at radius 1 is 0.957 bits per heavy atom. The predicted molar refractivity (Wildman–Crippen MR) is 88.7 cm³/mol. The molecular weight excluding hydrogens is 292 g/mol. The Labute approximate surface area is 133 Å². The van der Waals surface area contributed by atoms with Crippen molar-refractivity contribution in [2.24, 2.45) is 0 Å². The maximum absolute atomic E-state index is 9.65. The van der Waals surface area contributed by atoms with Gasteiger partial charge in [0.05, 0.1) is 5.56 Å². The van der Waals surface area contributed by atoms with Gasteiger partial charge in [-0.15, -0.1) is 0 Å². The van der Waals surface area contributed by atoms with Crippen LogP contribution in [-0.4, -0.2) is 15.8 Å². The summed E-state index contributed by atoms with van der Waals surface area (Å²) in [6.45, 7) is 4.00. The zero-order chi connectivity index (χ0) is 16.2. The molecule has 4 rings (SSSR count). The Bertz CT molecular complexity index is 927. The number of phenols is 2. The monoisotopic (exact) mass is 308 g/mol. The highest BCUT2D eigenvalue weighted by atomic mass is 16.5. The van der Waals surface area contributed by atoms with Crippen molar-refractivity contribution >= 4 is 17.0 Å². The fourth-order valence-corrected chi connectivity index (χ4v) is 2.83. The van der Waals surface area contributed by atoms with E-state index in [9.17, 15) is 10.2 Å². The third kappa shape index (κ3) is 2.32. The quantitative estimate of drug-likeness (QED) is 0.684. The van der Waals surface area contributed by atoms with Crippen LogP contribution in [0, 0.1) is 0 Å². The van der Waals surface area contributed by atoms with Gasteiger partial charge in [-0.2, -0.15) is 0 Å². The SMILES string of the molecule is CC1(C)C=Cc2c(ccc3cc(-c4cc(O)cc(O)c4)oc23)O1. The first-order valence-electron chi connectivity index (χ1n) is 7.39. The summed E-state index contributed by atoms with van der Waals surface area (Å²) in [7, 11) is 0. The molecule has 2 aromatic carbocycles. The minimum Gasteiger partial charge on any atom is -0.508 e. The fourth-order valence-electron chi connectivity index (χ4n) is 2.83. The highest BCUT2D eigenvalue weighted by molar-refractivity contribution is 5.92. The summed E-state index contributed by atoms with van der Waals surface area (Å²) in [5, 5.41) is 20.2. The number of rotatable bonds is 1. The largest absolute Gasteiger partial charge is 0.508 e. The first-order chi connectivity index (χ1) is 10.9. The molecule has 4 heteroatoms. The second-order valence-corrected chi connectivity index (χ2v) is 6.28. The minimum absolute atomic E-state index is 0.00698. The highest BCUT2D eigenvalue weighted by Gasteiger charge is 2.24. The summed E-state index contributed by atoms with van der Waals surface area (Å²) in [5.41, 5.74) is 1.91. The van der Waals surface area contributed by atoms with E-state index in [1.165, 1.54) is 6.07 Å². The Kier molecular flexibility index (Phi) is 2.73. The van der Waals surface area contributed by atoms with E-state index in [0.29, 0.717) is 11.3 Å². The summed E-state index contributed by atoms with van der Waals surface area (Å²) in [5.74, 6) is 1.35. The van der Waals surface area contributed by atoms with Crippen LogP contribution in [0.4, 0.5) is 0 Å². The van der Waals surface area contributed by atoms with Crippen LogP contribution in [0.3, 0.4) is 0 Å². The molecule has 3 aromatic rings. The van der Waals surface area contributed by atoms with Crippen LogP contribution in [0.1, 0.15) is 19.4 Å². The van der Waals surface area contributed by atoms with Gasteiger partial charge in [0.25, 0.3) is 0 Å². The van der Waals surface area contributed by atoms with Gasteiger partial charge in [0.2, 0.25) is 0 Å². The van der Waals surface area contributed by atoms with Crippen molar-refractivity contribution in [2.45, 2.75) is 19.4 Å². The second kappa shape index (κ2) is 4.56. The van der Waals surface area contributed by atoms with Gasteiger partial charge in [0, 0.05) is 17.0 Å². The van der Waals surface area contributed by atoms with E-state index in [4.69, 9.17) is 9.15 Å². The second-order valence-electron chi connectivity index (χ2n) is 6.28. The molecule has 2 N–H and O–H groups in total. The van der Waals surface area contributed by atoms with E-state index in [1.807, 2.05) is 44.2 Å². The molecule has 0 unspecified atom stereocenters. The topological polar surface area (TPSA) is 62.8 Å². The molecule has 0 radical (unpaired) electrons. The lowest BCUT2D eigenvalue weighted by molar-refractivity contribution is 0.159. The van der Waals surface area contributed by atoms with Crippen LogP contribution < -0.4 is 4.74 Å². The molecule has 1 aliphatic rings. The summed E-state index contributed by atoms with van der Waals surface area (Å²) in [6.07, 6.45) is 4.01. The molecule has 4 nitrogen and oxygen atoms in total. The number of benzene rings is 2. The Morgan fingerprint density at radius 3 is 2.43 bits per heavy atom. The molecule has 0 fully saturated rings. The van der Waals surface area contributed by atoms with Gasteiger partial charge in [-0.3, -0.25) is 0 Å². The number of fused-ring (bicyclic) bond motifs is 3. The van der Waals surface area contributed by atoms with Gasteiger partial charge in [-0.05, 0) is 56.3 Å². The van der Waals surface area contributed by atoms with Crippen molar-refractivity contribution in [3.8, 4) is 28.6 Å². The molecule has 23 heavy (non-hydrogen) atoms. The molecular formula is C19H16O4. The van der Waals surface area contributed by atoms with Crippen molar-refractivity contribution in [3.05, 3.63) is 48.0 Å². The van der Waals surface area contributed by atoms with Gasteiger partial charge in [-0.25, -0.2) is 0 Å². The summed E-state index contributed by atoms with van der Waals surface area (Å²) >= 11 is 0. The van der Waals surface area contributed by atoms with Crippen LogP contribution in [0.25, 0.3) is 28.4 Å². The lowest BCUT2D eigenvalue weighted by Gasteiger charge is -2.27. The van der Waals surface area contributed by atoms with E-state index in [0.717, 1.165) is 22.3 Å². The number of hydrogen-bond donors (Lipinski definition) is 2. The highest BCUT2D eigenvalue weighted by Crippen LogP contribution is 2.40. The Morgan fingerprint density at radius 2 is 1.70 bits per heavy atom. The van der Waals surface area contributed by atoms with Crippen molar-refractivity contribution in [1.29, 1.82) is 0 Å². The summed E-state index contributed by atoms with van der Waals surface area (Å²) in [4.78, 5) is 0. The first kappa shape index (κ1) is 13.8. The van der Waals surface area contributed by atoms with Gasteiger partial charge >= 0.3 is 0 Å². The van der Waals surface area contributed by atoms with Gasteiger partial charge in [0.15, 0.2) is 0 Å². The molecule has 0 aliphatic carbocycles. The minimum atomic E-state index is -0.340. The predicted octanol–water partition coefficient (Wildman–Crippen LogP) is 4.70. The van der Waals surface area contributed by atoms with E-state index in [1.54, 1.807) is 12.1 Å². The molecule has 0 bridgehead atoms. The zero-order valence-corrected chi connectivity index (χ0v) is 12.8. The average molecular weight is 308 g/mol. The summed E-state index contributed by atoms with van der Waals surface area (Å²) < 4.78 is 11.9. The average Bonchev–Trinajstić information content (AvgIpc) is 2.89. The van der Waals surface area contributed by atoms with Crippen LogP contribution in [0.2, 0.25) is 0 Å². The van der Waals surface area contributed by atoms with Crippen LogP contribution in [-0.2, 0) is 0 Å². The zero-order valence-electron chi connectivity index (χ0n) is 12.8. The molecule has 0 spiro atoms. The smallest absolute Gasteiger partial charge is 0.145 e. The Hall–Kier alpha value is -2.88. The summed E-state index contributed by atoms with van der Waals surface area (Å²) in [6, 6.07) is 10.2. The number of furan rings is 1. The number of ether oxygens (including phenoxy) is 1. The van der Waals surface area contributed by atoms with Gasteiger partial charge in [0.1, 0.15) is 34.2 Å². The maximum Gasteiger partial charge on any atom is 0.145 e. The van der Waals surface area contributed by atoms with Crippen molar-refractivity contribution in [1.82, 2.24) is 0 Å². The number of hydrogen-bond acceptors (Lipinski definition) is 4. The molecule has 0 saturated heterocycles.